The Balaban J connectivity index is 2.81. The first-order valence-electron chi connectivity index (χ1n) is 3.48. The molecule has 0 radical (unpaired) electrons. The molecule has 0 amide bonds. The molecule has 0 aliphatic heterocycles. The van der Waals surface area contributed by atoms with Gasteiger partial charge in [0.25, 0.3) is 0 Å². The molecule has 0 atom stereocenters. The third kappa shape index (κ3) is 2.63. The van der Waals surface area contributed by atoms with Crippen molar-refractivity contribution in [3.05, 3.63) is 22.0 Å². The van der Waals surface area contributed by atoms with E-state index in [2.05, 4.69) is 4.98 Å². The molecule has 3 nitrogen and oxygen atoms in total. The Bertz CT molecular complexity index is 249. The van der Waals surface area contributed by atoms with Gasteiger partial charge >= 0.3 is 0 Å². The van der Waals surface area contributed by atoms with E-state index in [9.17, 15) is 0 Å². The number of methoxy groups -OCH3 is 1. The second-order valence-electron chi connectivity index (χ2n) is 1.76. The molecule has 60 valence electrons. The number of nitrogens with zero attached hydrogens (tertiary/aromatic N) is 1. The zero-order valence-corrected chi connectivity index (χ0v) is 8.16. The van der Waals surface area contributed by atoms with Gasteiger partial charge in [-0.05, 0) is 34.7 Å². The maximum absolute atomic E-state index is 7.46. The SMILES string of the molecule is [2H]c1ccnc(I)c1OCOC. The van der Waals surface area contributed by atoms with Crippen molar-refractivity contribution in [1.82, 2.24) is 4.98 Å². The summed E-state index contributed by atoms with van der Waals surface area (Å²) < 4.78 is 18.0. The summed E-state index contributed by atoms with van der Waals surface area (Å²) in [5.74, 6) is 0.472. The quantitative estimate of drug-likeness (QED) is 0.473. The van der Waals surface area contributed by atoms with E-state index in [1.165, 1.54) is 7.11 Å². The number of hydrogen-bond donors (Lipinski definition) is 0. The molecule has 4 heteroatoms. The van der Waals surface area contributed by atoms with Crippen LogP contribution in [-0.2, 0) is 4.74 Å². The van der Waals surface area contributed by atoms with E-state index in [-0.39, 0.29) is 6.79 Å². The summed E-state index contributed by atoms with van der Waals surface area (Å²) in [6.07, 6.45) is 1.57. The van der Waals surface area contributed by atoms with Crippen molar-refractivity contribution in [2.45, 2.75) is 0 Å². The average Bonchev–Trinajstić information content (AvgIpc) is 2.04. The molecule has 11 heavy (non-hydrogen) atoms. The molecule has 0 saturated heterocycles. The first kappa shape index (κ1) is 7.30. The number of rotatable bonds is 3. The van der Waals surface area contributed by atoms with Crippen molar-refractivity contribution in [3.8, 4) is 5.75 Å². The van der Waals surface area contributed by atoms with Gasteiger partial charge in [-0.2, -0.15) is 0 Å². The van der Waals surface area contributed by atoms with Crippen molar-refractivity contribution < 1.29 is 10.8 Å². The van der Waals surface area contributed by atoms with Gasteiger partial charge in [0.15, 0.2) is 12.5 Å². The fraction of sp³-hybridized carbons (Fsp3) is 0.286. The van der Waals surface area contributed by atoms with Gasteiger partial charge in [-0.3, -0.25) is 0 Å². The second-order valence-corrected chi connectivity index (χ2v) is 2.78. The van der Waals surface area contributed by atoms with Crippen LogP contribution in [0.25, 0.3) is 0 Å². The molecule has 1 rings (SSSR count). The standard InChI is InChI=1S/C7H8INO2/c1-10-5-11-6-3-2-4-9-7(6)8/h2-4H,5H2,1H3/i3D. The smallest absolute Gasteiger partial charge is 0.188 e. The lowest BCUT2D eigenvalue weighted by Crippen LogP contribution is -2.00. The van der Waals surface area contributed by atoms with Gasteiger partial charge in [-0.15, -0.1) is 0 Å². The number of pyridine rings is 1. The molecule has 0 aliphatic rings. The van der Waals surface area contributed by atoms with Crippen molar-refractivity contribution in [2.75, 3.05) is 13.9 Å². The highest BCUT2D eigenvalue weighted by atomic mass is 127. The third-order valence-electron chi connectivity index (χ3n) is 0.985. The van der Waals surface area contributed by atoms with Crippen molar-refractivity contribution in [2.24, 2.45) is 0 Å². The van der Waals surface area contributed by atoms with Crippen LogP contribution >= 0.6 is 22.6 Å². The van der Waals surface area contributed by atoms with Crippen LogP contribution in [0.5, 0.6) is 5.75 Å². The van der Waals surface area contributed by atoms with Gasteiger partial charge in [-0.1, -0.05) is 0 Å². The molecular weight excluding hydrogens is 257 g/mol. The molecule has 1 aromatic heterocycles. The normalized spacial score (nSPS) is 10.9. The van der Waals surface area contributed by atoms with E-state index in [1.807, 2.05) is 22.6 Å². The minimum Gasteiger partial charge on any atom is -0.465 e. The van der Waals surface area contributed by atoms with Crippen LogP contribution in [0.3, 0.4) is 0 Å². The topological polar surface area (TPSA) is 31.4 Å². The Morgan fingerprint density at radius 2 is 2.64 bits per heavy atom. The molecule has 0 fully saturated rings. The van der Waals surface area contributed by atoms with Crippen molar-refractivity contribution in [1.29, 1.82) is 0 Å². The average molecular weight is 266 g/mol. The number of halogens is 1. The molecule has 0 saturated carbocycles. The Kier molecular flexibility index (Phi) is 2.99. The molecule has 1 aromatic rings. The summed E-state index contributed by atoms with van der Waals surface area (Å²) in [6, 6.07) is 1.90. The Labute approximate surface area is 80.3 Å². The first-order valence-corrected chi connectivity index (χ1v) is 4.06. The van der Waals surface area contributed by atoms with Gasteiger partial charge in [0.05, 0.1) is 1.37 Å². The summed E-state index contributed by atoms with van der Waals surface area (Å²) in [5.41, 5.74) is 0. The molecular formula is C7H8INO2. The first-order chi connectivity index (χ1) is 5.75. The summed E-state index contributed by atoms with van der Waals surface area (Å²) in [6.45, 7) is 0.146. The molecule has 0 N–H and O–H groups in total. The summed E-state index contributed by atoms with van der Waals surface area (Å²) in [7, 11) is 1.53. The van der Waals surface area contributed by atoms with Crippen LogP contribution in [0.4, 0.5) is 0 Å². The molecule has 0 unspecified atom stereocenters. The zero-order valence-electron chi connectivity index (χ0n) is 7.00. The van der Waals surface area contributed by atoms with Crippen LogP contribution in [0.2, 0.25) is 0 Å². The molecule has 0 aliphatic carbocycles. The molecule has 0 spiro atoms. The predicted octanol–water partition coefficient (Wildman–Crippen LogP) is 1.67. The van der Waals surface area contributed by atoms with Crippen LogP contribution in [-0.4, -0.2) is 18.9 Å². The highest BCUT2D eigenvalue weighted by molar-refractivity contribution is 14.1. The maximum Gasteiger partial charge on any atom is 0.188 e. The lowest BCUT2D eigenvalue weighted by molar-refractivity contribution is 0.0502. The fourth-order valence-electron chi connectivity index (χ4n) is 0.553. The van der Waals surface area contributed by atoms with E-state index in [1.54, 1.807) is 12.3 Å². The fourth-order valence-corrected chi connectivity index (χ4v) is 1.03. The van der Waals surface area contributed by atoms with Gasteiger partial charge in [0.1, 0.15) is 3.70 Å². The van der Waals surface area contributed by atoms with E-state index in [0.29, 0.717) is 15.5 Å². The van der Waals surface area contributed by atoms with Gasteiger partial charge in [0.2, 0.25) is 0 Å². The van der Waals surface area contributed by atoms with Crippen LogP contribution < -0.4 is 4.74 Å². The minimum atomic E-state index is 0.146. The van der Waals surface area contributed by atoms with Crippen LogP contribution in [0, 0.1) is 3.70 Å². The summed E-state index contributed by atoms with van der Waals surface area (Å²) in [4.78, 5) is 3.98. The lowest BCUT2D eigenvalue weighted by atomic mass is 10.5. The maximum atomic E-state index is 7.46. The van der Waals surface area contributed by atoms with Crippen molar-refractivity contribution >= 4 is 22.6 Å². The molecule has 1 heterocycles. The van der Waals surface area contributed by atoms with Gasteiger partial charge in [0, 0.05) is 13.3 Å². The largest absolute Gasteiger partial charge is 0.465 e. The number of hydrogen-bond acceptors (Lipinski definition) is 3. The van der Waals surface area contributed by atoms with Crippen LogP contribution in [0.15, 0.2) is 18.3 Å². The van der Waals surface area contributed by atoms with E-state index >= 15 is 0 Å². The lowest BCUT2D eigenvalue weighted by Gasteiger charge is -2.04. The second kappa shape index (κ2) is 4.50. The summed E-state index contributed by atoms with van der Waals surface area (Å²) >= 11 is 2.01. The molecule has 0 bridgehead atoms. The van der Waals surface area contributed by atoms with Gasteiger partial charge < -0.3 is 9.47 Å². The minimum absolute atomic E-state index is 0.146. The van der Waals surface area contributed by atoms with E-state index < -0.39 is 0 Å². The Morgan fingerprint density at radius 3 is 3.27 bits per heavy atom. The van der Waals surface area contributed by atoms with Crippen molar-refractivity contribution in [3.63, 3.8) is 0 Å². The van der Waals surface area contributed by atoms with Gasteiger partial charge in [-0.25, -0.2) is 4.98 Å². The monoisotopic (exact) mass is 266 g/mol. The zero-order chi connectivity index (χ0) is 8.97. The molecule has 0 aromatic carbocycles. The third-order valence-corrected chi connectivity index (χ3v) is 1.75. The van der Waals surface area contributed by atoms with E-state index in [4.69, 9.17) is 10.8 Å². The predicted molar refractivity (Wildman–Crippen MR) is 49.5 cm³/mol. The number of aromatic nitrogens is 1. The highest BCUT2D eigenvalue weighted by Gasteiger charge is 1.98. The summed E-state index contributed by atoms with van der Waals surface area (Å²) in [5, 5.41) is 0. The Hall–Kier alpha value is -0.360. The van der Waals surface area contributed by atoms with E-state index in [0.717, 1.165) is 0 Å². The number of ether oxygens (including phenoxy) is 2. The highest BCUT2D eigenvalue weighted by Crippen LogP contribution is 2.16. The Morgan fingerprint density at radius 1 is 1.82 bits per heavy atom. The van der Waals surface area contributed by atoms with Crippen LogP contribution in [0.1, 0.15) is 1.37 Å².